The van der Waals surface area contributed by atoms with E-state index in [4.69, 9.17) is 0 Å². The quantitative estimate of drug-likeness (QED) is 0.148. The summed E-state index contributed by atoms with van der Waals surface area (Å²) in [6, 6.07) is 91.4. The zero-order chi connectivity index (χ0) is 41.7. The van der Waals surface area contributed by atoms with Gasteiger partial charge in [-0.2, -0.15) is 0 Å². The third kappa shape index (κ3) is 6.22. The molecule has 0 saturated carbocycles. The number of anilines is 3. The lowest BCUT2D eigenvalue weighted by molar-refractivity contribution is 0.768. The molecule has 1 aliphatic rings. The van der Waals surface area contributed by atoms with Crippen molar-refractivity contribution in [2.75, 3.05) is 4.90 Å². The van der Waals surface area contributed by atoms with Crippen LogP contribution >= 0.6 is 11.3 Å². The maximum Gasteiger partial charge on any atom is 0.0713 e. The van der Waals surface area contributed by atoms with Crippen molar-refractivity contribution in [1.82, 2.24) is 0 Å². The molecule has 1 aliphatic carbocycles. The van der Waals surface area contributed by atoms with Crippen molar-refractivity contribution in [3.8, 4) is 44.5 Å². The minimum Gasteiger partial charge on any atom is -0.311 e. The predicted octanol–water partition coefficient (Wildman–Crippen LogP) is 16.9. The molecule has 11 aromatic rings. The van der Waals surface area contributed by atoms with Crippen molar-refractivity contribution in [3.05, 3.63) is 271 Å². The monoisotopic (exact) mass is 819 g/mol. The highest BCUT2D eigenvalue weighted by molar-refractivity contribution is 7.25. The first-order valence-corrected chi connectivity index (χ1v) is 22.5. The minimum atomic E-state index is -0.452. The standard InChI is InChI=1S/C61H41NS/c1-3-13-42(14-4-1)43-23-25-44(26-24-43)45-27-34-50(35-28-45)62(51-36-29-46(30-37-51)47-31-40-60-56(41-47)55-19-9-12-22-59(55)63-60)52-38-32-49(33-39-52)61(48-15-5-2-6-16-48)57-20-10-7-17-53(57)54-18-8-11-21-58(54)61/h1-41H. The number of hydrogen-bond acceptors (Lipinski definition) is 2. The lowest BCUT2D eigenvalue weighted by Gasteiger charge is -2.34. The Balaban J connectivity index is 0.954. The molecule has 1 nitrogen and oxygen atoms in total. The van der Waals surface area contributed by atoms with Gasteiger partial charge in [-0.05, 0) is 121 Å². The van der Waals surface area contributed by atoms with Crippen LogP contribution in [-0.4, -0.2) is 0 Å². The second-order valence-electron chi connectivity index (χ2n) is 16.4. The first-order chi connectivity index (χ1) is 31.2. The van der Waals surface area contributed by atoms with Gasteiger partial charge >= 0.3 is 0 Å². The number of fused-ring (bicyclic) bond motifs is 6. The van der Waals surface area contributed by atoms with Crippen molar-refractivity contribution >= 4 is 48.6 Å². The van der Waals surface area contributed by atoms with Gasteiger partial charge in [-0.1, -0.05) is 194 Å². The van der Waals surface area contributed by atoms with E-state index in [1.807, 2.05) is 11.3 Å². The Labute approximate surface area is 372 Å². The molecule has 0 aliphatic heterocycles. The Hall–Kier alpha value is -7.78. The Kier molecular flexibility index (Phi) is 8.98. The maximum atomic E-state index is 2.39. The molecule has 296 valence electrons. The summed E-state index contributed by atoms with van der Waals surface area (Å²) in [6.45, 7) is 0. The van der Waals surface area contributed by atoms with E-state index in [2.05, 4.69) is 254 Å². The van der Waals surface area contributed by atoms with E-state index < -0.39 is 5.41 Å². The molecule has 0 spiro atoms. The number of thiophene rings is 1. The zero-order valence-corrected chi connectivity index (χ0v) is 35.3. The van der Waals surface area contributed by atoms with Crippen molar-refractivity contribution < 1.29 is 0 Å². The van der Waals surface area contributed by atoms with Gasteiger partial charge in [0.25, 0.3) is 0 Å². The van der Waals surface area contributed by atoms with Crippen LogP contribution in [0.2, 0.25) is 0 Å². The van der Waals surface area contributed by atoms with Gasteiger partial charge in [-0.25, -0.2) is 0 Å². The summed E-state index contributed by atoms with van der Waals surface area (Å²) in [5.41, 5.74) is 17.8. The summed E-state index contributed by atoms with van der Waals surface area (Å²) in [5, 5.41) is 2.63. The fourth-order valence-electron chi connectivity index (χ4n) is 10.0. The number of nitrogens with zero attached hydrogens (tertiary/aromatic N) is 1. The van der Waals surface area contributed by atoms with Crippen LogP contribution in [0.15, 0.2) is 249 Å². The smallest absolute Gasteiger partial charge is 0.0713 e. The largest absolute Gasteiger partial charge is 0.311 e. The van der Waals surface area contributed by atoms with Gasteiger partial charge < -0.3 is 4.90 Å². The van der Waals surface area contributed by atoms with Crippen LogP contribution in [0.4, 0.5) is 17.1 Å². The van der Waals surface area contributed by atoms with Gasteiger partial charge in [0.2, 0.25) is 0 Å². The van der Waals surface area contributed by atoms with Crippen molar-refractivity contribution in [2.24, 2.45) is 0 Å². The number of rotatable bonds is 8. The second kappa shape index (κ2) is 15.3. The molecule has 1 heterocycles. The zero-order valence-electron chi connectivity index (χ0n) is 34.5. The van der Waals surface area contributed by atoms with Crippen LogP contribution in [0.25, 0.3) is 64.7 Å². The molecule has 0 saturated heterocycles. The lowest BCUT2D eigenvalue weighted by Crippen LogP contribution is -2.28. The molecule has 63 heavy (non-hydrogen) atoms. The third-order valence-corrected chi connectivity index (χ3v) is 14.2. The van der Waals surface area contributed by atoms with E-state index in [1.165, 1.54) is 86.9 Å². The summed E-state index contributed by atoms with van der Waals surface area (Å²) in [4.78, 5) is 2.39. The highest BCUT2D eigenvalue weighted by Crippen LogP contribution is 2.56. The van der Waals surface area contributed by atoms with Gasteiger partial charge in [0.1, 0.15) is 0 Å². The topological polar surface area (TPSA) is 3.24 Å². The van der Waals surface area contributed by atoms with Crippen LogP contribution in [0.3, 0.4) is 0 Å². The second-order valence-corrected chi connectivity index (χ2v) is 17.5. The third-order valence-electron chi connectivity index (χ3n) is 13.0. The number of benzene rings is 10. The minimum absolute atomic E-state index is 0.452. The molecule has 0 bridgehead atoms. The molecular formula is C61H41NS. The fourth-order valence-corrected chi connectivity index (χ4v) is 11.1. The molecule has 10 aromatic carbocycles. The Morgan fingerprint density at radius 1 is 0.286 bits per heavy atom. The molecular weight excluding hydrogens is 779 g/mol. The molecule has 0 amide bonds. The summed E-state index contributed by atoms with van der Waals surface area (Å²) in [7, 11) is 0. The van der Waals surface area contributed by atoms with E-state index in [-0.39, 0.29) is 0 Å². The Bertz CT molecular complexity index is 3360. The lowest BCUT2D eigenvalue weighted by atomic mass is 9.68. The average molecular weight is 820 g/mol. The van der Waals surface area contributed by atoms with Gasteiger partial charge in [0, 0.05) is 37.2 Å². The molecule has 1 aromatic heterocycles. The first kappa shape index (κ1) is 37.0. The average Bonchev–Trinajstić information content (AvgIpc) is 3.89. The SMILES string of the molecule is c1ccc(-c2ccc(-c3ccc(N(c4ccc(-c5ccc6sc7ccccc7c6c5)cc4)c4ccc(C5(c6ccccc6)c6ccccc6-c6ccccc65)cc4)cc3)cc2)cc1. The van der Waals surface area contributed by atoms with Gasteiger partial charge in [0.15, 0.2) is 0 Å². The molecule has 0 unspecified atom stereocenters. The van der Waals surface area contributed by atoms with Gasteiger partial charge in [-0.15, -0.1) is 11.3 Å². The number of hydrogen-bond donors (Lipinski definition) is 0. The van der Waals surface area contributed by atoms with Crippen molar-refractivity contribution in [3.63, 3.8) is 0 Å². The van der Waals surface area contributed by atoms with Crippen LogP contribution in [0.1, 0.15) is 22.3 Å². The van der Waals surface area contributed by atoms with E-state index in [0.717, 1.165) is 17.1 Å². The predicted molar refractivity (Wildman–Crippen MR) is 268 cm³/mol. The van der Waals surface area contributed by atoms with Crippen LogP contribution in [0, 0.1) is 0 Å². The molecule has 0 atom stereocenters. The summed E-state index contributed by atoms with van der Waals surface area (Å²) >= 11 is 1.86. The summed E-state index contributed by atoms with van der Waals surface area (Å²) < 4.78 is 2.65. The van der Waals surface area contributed by atoms with Gasteiger partial charge in [0.05, 0.1) is 5.41 Å². The molecule has 0 fully saturated rings. The summed E-state index contributed by atoms with van der Waals surface area (Å²) in [5.74, 6) is 0. The van der Waals surface area contributed by atoms with Crippen LogP contribution < -0.4 is 4.90 Å². The van der Waals surface area contributed by atoms with E-state index >= 15 is 0 Å². The van der Waals surface area contributed by atoms with E-state index in [9.17, 15) is 0 Å². The van der Waals surface area contributed by atoms with Crippen molar-refractivity contribution in [2.45, 2.75) is 5.41 Å². The van der Waals surface area contributed by atoms with Gasteiger partial charge in [-0.3, -0.25) is 0 Å². The molecule has 0 N–H and O–H groups in total. The van der Waals surface area contributed by atoms with Crippen molar-refractivity contribution in [1.29, 1.82) is 0 Å². The molecule has 2 heteroatoms. The normalized spacial score (nSPS) is 12.6. The van der Waals surface area contributed by atoms with E-state index in [1.54, 1.807) is 0 Å². The first-order valence-electron chi connectivity index (χ1n) is 21.7. The Morgan fingerprint density at radius 2 is 0.683 bits per heavy atom. The van der Waals surface area contributed by atoms with E-state index in [0.29, 0.717) is 0 Å². The fraction of sp³-hybridized carbons (Fsp3) is 0.0164. The molecule has 0 radical (unpaired) electrons. The Morgan fingerprint density at radius 3 is 1.27 bits per heavy atom. The molecule has 12 rings (SSSR count). The summed E-state index contributed by atoms with van der Waals surface area (Å²) in [6.07, 6.45) is 0. The van der Waals surface area contributed by atoms with Crippen LogP contribution in [0.5, 0.6) is 0 Å². The highest BCUT2D eigenvalue weighted by Gasteiger charge is 2.45. The maximum absolute atomic E-state index is 2.39. The highest BCUT2D eigenvalue weighted by atomic mass is 32.1. The van der Waals surface area contributed by atoms with Crippen LogP contribution in [-0.2, 0) is 5.41 Å².